The van der Waals surface area contributed by atoms with Gasteiger partial charge in [-0.3, -0.25) is 9.11 Å². The summed E-state index contributed by atoms with van der Waals surface area (Å²) in [5, 5.41) is 19.9. The van der Waals surface area contributed by atoms with Crippen LogP contribution in [0.2, 0.25) is 0 Å². The number of phenols is 2. The minimum Gasteiger partial charge on any atom is -0.504 e. The highest BCUT2D eigenvalue weighted by Crippen LogP contribution is 2.48. The van der Waals surface area contributed by atoms with Crippen molar-refractivity contribution < 1.29 is 36.2 Å². The van der Waals surface area contributed by atoms with Gasteiger partial charge in [-0.1, -0.05) is 30.3 Å². The highest BCUT2D eigenvalue weighted by molar-refractivity contribution is 7.95. The van der Waals surface area contributed by atoms with Crippen molar-refractivity contribution in [3.63, 3.8) is 0 Å². The molecule has 0 amide bonds. The number of anilines is 2. The van der Waals surface area contributed by atoms with Crippen molar-refractivity contribution in [2.45, 2.75) is 4.90 Å². The van der Waals surface area contributed by atoms with E-state index in [1.807, 2.05) is 0 Å². The fourth-order valence-electron chi connectivity index (χ4n) is 2.21. The first-order chi connectivity index (χ1) is 11.9. The largest absolute Gasteiger partial charge is 0.504 e. The van der Waals surface area contributed by atoms with Gasteiger partial charge in [-0.25, -0.2) is 0 Å². The Kier molecular flexibility index (Phi) is 4.88. The number of phenolic OH excluding ortho intramolecular Hbond substituents is 2. The summed E-state index contributed by atoms with van der Waals surface area (Å²) >= 11 is 0. The van der Waals surface area contributed by atoms with E-state index in [4.69, 9.17) is 11.5 Å². The Hall–Kier alpha value is -2.80. The topological polar surface area (TPSA) is 201 Å². The summed E-state index contributed by atoms with van der Waals surface area (Å²) in [6, 6.07) is 7.47. The van der Waals surface area contributed by atoms with Crippen molar-refractivity contribution >= 4 is 42.6 Å². The molecule has 8 N–H and O–H groups in total. The molecule has 0 radical (unpaired) electrons. The first-order valence-corrected chi connectivity index (χ1v) is 9.58. The van der Waals surface area contributed by atoms with Crippen molar-refractivity contribution in [1.82, 2.24) is 0 Å². The molecular weight excluding hydrogens is 388 g/mol. The maximum atomic E-state index is 11.8. The van der Waals surface area contributed by atoms with E-state index < -0.39 is 58.5 Å². The van der Waals surface area contributed by atoms with Crippen molar-refractivity contribution in [3.05, 3.63) is 41.5 Å². The molecule has 26 heavy (non-hydrogen) atoms. The number of rotatable bonds is 4. The maximum Gasteiger partial charge on any atom is 0.297 e. The molecule has 0 aliphatic carbocycles. The van der Waals surface area contributed by atoms with Gasteiger partial charge in [0, 0.05) is 0 Å². The van der Waals surface area contributed by atoms with E-state index in [0.29, 0.717) is 0 Å². The average Bonchev–Trinajstić information content (AvgIpc) is 2.53. The van der Waals surface area contributed by atoms with Gasteiger partial charge in [0.25, 0.3) is 20.2 Å². The monoisotopic (exact) mass is 402 g/mol. The van der Waals surface area contributed by atoms with Crippen LogP contribution in [0.4, 0.5) is 11.4 Å². The molecular formula is C14H14N2O8S2. The van der Waals surface area contributed by atoms with Crippen LogP contribution in [0.5, 0.6) is 11.5 Å². The van der Waals surface area contributed by atoms with Crippen LogP contribution >= 0.6 is 0 Å². The summed E-state index contributed by atoms with van der Waals surface area (Å²) < 4.78 is 66.0. The fraction of sp³-hybridized carbons (Fsp3) is 0. The Balaban J connectivity index is 3.07. The fourth-order valence-corrected chi connectivity index (χ4v) is 3.87. The van der Waals surface area contributed by atoms with Crippen LogP contribution in [0.25, 0.3) is 11.0 Å². The average molecular weight is 402 g/mol. The van der Waals surface area contributed by atoms with Crippen molar-refractivity contribution in [1.29, 1.82) is 0 Å². The van der Waals surface area contributed by atoms with Crippen molar-refractivity contribution in [2.75, 3.05) is 11.5 Å². The highest BCUT2D eigenvalue weighted by atomic mass is 32.2. The molecule has 0 saturated carbocycles. The lowest BCUT2D eigenvalue weighted by atomic mass is 10.1. The smallest absolute Gasteiger partial charge is 0.297 e. The molecule has 0 bridgehead atoms. The Morgan fingerprint density at radius 3 is 1.88 bits per heavy atom. The van der Waals surface area contributed by atoms with Gasteiger partial charge in [0.15, 0.2) is 11.5 Å². The van der Waals surface area contributed by atoms with E-state index in [9.17, 15) is 36.2 Å². The summed E-state index contributed by atoms with van der Waals surface area (Å²) in [6.45, 7) is 0. The lowest BCUT2D eigenvalue weighted by molar-refractivity contribution is 0.402. The Morgan fingerprint density at radius 2 is 1.42 bits per heavy atom. The van der Waals surface area contributed by atoms with Crippen LogP contribution < -0.4 is 11.5 Å². The first-order valence-electron chi connectivity index (χ1n) is 6.70. The van der Waals surface area contributed by atoms with Crippen LogP contribution in [0.1, 0.15) is 11.1 Å². The van der Waals surface area contributed by atoms with Crippen LogP contribution in [-0.4, -0.2) is 36.2 Å². The molecule has 10 nitrogen and oxygen atoms in total. The summed E-state index contributed by atoms with van der Waals surface area (Å²) in [7, 11) is -10.4. The Bertz CT molecular complexity index is 1110. The SMILES string of the molecule is Nc1c(N)c(S(=O)(=O)O)c(/C(=C/c2ccccc2)S(=O)(=O)O)c(O)c1O. The molecule has 2 aromatic carbocycles. The van der Waals surface area contributed by atoms with Crippen LogP contribution in [0.15, 0.2) is 35.2 Å². The van der Waals surface area contributed by atoms with Gasteiger partial charge in [0.1, 0.15) is 15.5 Å². The second-order valence-corrected chi connectivity index (χ2v) is 7.85. The molecule has 12 heteroatoms. The van der Waals surface area contributed by atoms with Gasteiger partial charge >= 0.3 is 0 Å². The van der Waals surface area contributed by atoms with E-state index in [1.54, 1.807) is 6.07 Å². The van der Waals surface area contributed by atoms with E-state index in [-0.39, 0.29) is 5.56 Å². The predicted molar refractivity (Wildman–Crippen MR) is 94.3 cm³/mol. The molecule has 0 unspecified atom stereocenters. The lowest BCUT2D eigenvalue weighted by Crippen LogP contribution is -2.13. The van der Waals surface area contributed by atoms with Gasteiger partial charge in [-0.15, -0.1) is 0 Å². The van der Waals surface area contributed by atoms with Crippen molar-refractivity contribution in [2.24, 2.45) is 0 Å². The molecule has 0 fully saturated rings. The number of nitrogens with two attached hydrogens (primary N) is 2. The number of hydrogen-bond donors (Lipinski definition) is 6. The summed E-state index contributed by atoms with van der Waals surface area (Å²) in [6.07, 6.45) is 0.814. The molecule has 0 saturated heterocycles. The minimum absolute atomic E-state index is 0.190. The number of benzene rings is 2. The van der Waals surface area contributed by atoms with Gasteiger partial charge in [0.2, 0.25) is 0 Å². The summed E-state index contributed by atoms with van der Waals surface area (Å²) in [5.41, 5.74) is 8.21. The molecule has 0 atom stereocenters. The predicted octanol–water partition coefficient (Wildman–Crippen LogP) is 0.895. The number of aromatic hydroxyl groups is 2. The van der Waals surface area contributed by atoms with E-state index >= 15 is 0 Å². The molecule has 0 aliphatic rings. The molecule has 2 aromatic rings. The summed E-state index contributed by atoms with van der Waals surface area (Å²) in [4.78, 5) is -2.40. The van der Waals surface area contributed by atoms with E-state index in [2.05, 4.69) is 0 Å². The van der Waals surface area contributed by atoms with Gasteiger partial charge in [-0.2, -0.15) is 16.8 Å². The van der Waals surface area contributed by atoms with Crippen LogP contribution in [0.3, 0.4) is 0 Å². The minimum atomic E-state index is -5.22. The highest BCUT2D eigenvalue weighted by Gasteiger charge is 2.34. The van der Waals surface area contributed by atoms with Gasteiger partial charge in [-0.05, 0) is 11.6 Å². The van der Waals surface area contributed by atoms with E-state index in [1.165, 1.54) is 24.3 Å². The zero-order chi connectivity index (χ0) is 19.9. The zero-order valence-corrected chi connectivity index (χ0v) is 14.5. The second-order valence-electron chi connectivity index (χ2n) is 5.10. The summed E-state index contributed by atoms with van der Waals surface area (Å²) in [5.74, 6) is -2.42. The normalized spacial score (nSPS) is 12.9. The third-order valence-corrected chi connectivity index (χ3v) is 5.18. The second kappa shape index (κ2) is 6.49. The Labute approximate surface area is 148 Å². The van der Waals surface area contributed by atoms with Crippen LogP contribution in [0, 0.1) is 0 Å². The Morgan fingerprint density at radius 1 is 0.885 bits per heavy atom. The van der Waals surface area contributed by atoms with Gasteiger partial charge < -0.3 is 21.7 Å². The lowest BCUT2D eigenvalue weighted by Gasteiger charge is -2.17. The first kappa shape index (κ1) is 19.5. The molecule has 0 spiro atoms. The van der Waals surface area contributed by atoms with E-state index in [0.717, 1.165) is 6.08 Å². The zero-order valence-electron chi connectivity index (χ0n) is 12.9. The van der Waals surface area contributed by atoms with Gasteiger partial charge in [0.05, 0.1) is 11.3 Å². The quantitative estimate of drug-likeness (QED) is 0.140. The number of nitrogen functional groups attached to an aromatic ring is 2. The third kappa shape index (κ3) is 3.57. The molecule has 0 aliphatic heterocycles. The molecule has 140 valence electrons. The molecule has 0 aromatic heterocycles. The van der Waals surface area contributed by atoms with Crippen LogP contribution in [-0.2, 0) is 20.2 Å². The maximum absolute atomic E-state index is 11.8. The standard InChI is InChI=1S/C14H14N2O8S2/c15-10-11(16)14(26(22,23)24)9(12(17)13(10)18)8(25(19,20)21)6-7-4-2-1-3-5-7/h1-6,17-18H,15-16H2,(H,19,20,21)(H,22,23,24)/b8-6-. The molecule has 0 heterocycles. The van der Waals surface area contributed by atoms with Crippen molar-refractivity contribution in [3.8, 4) is 11.5 Å². The molecule has 2 rings (SSSR count). The number of hydrogen-bond acceptors (Lipinski definition) is 8. The third-order valence-electron chi connectivity index (χ3n) is 3.36.